The predicted molar refractivity (Wildman–Crippen MR) is 77.0 cm³/mol. The quantitative estimate of drug-likeness (QED) is 0.834. The van der Waals surface area contributed by atoms with Crippen LogP contribution in [0.25, 0.3) is 0 Å². The molecule has 0 bridgehead atoms. The van der Waals surface area contributed by atoms with Crippen LogP contribution in [0, 0.1) is 0 Å². The number of aryl methyl sites for hydroxylation is 1. The third-order valence-corrected chi connectivity index (χ3v) is 3.26. The summed E-state index contributed by atoms with van der Waals surface area (Å²) < 4.78 is 0. The Labute approximate surface area is 114 Å². The minimum atomic E-state index is 0.0971. The Bertz CT molecular complexity index is 486. The van der Waals surface area contributed by atoms with Gasteiger partial charge in [0.05, 0.1) is 6.61 Å². The molecule has 0 amide bonds. The van der Waals surface area contributed by atoms with Crippen molar-refractivity contribution in [1.29, 1.82) is 0 Å². The van der Waals surface area contributed by atoms with Gasteiger partial charge in [-0.15, -0.1) is 0 Å². The standard InChI is InChI=1S/C17H20O2/c18-11-1-2-14-3-5-15(6-4-14)12-16-7-9-17(13-19)10-8-16/h3-10,18-19H,1-2,11-13H2. The Morgan fingerprint density at radius 2 is 1.11 bits per heavy atom. The number of rotatable bonds is 6. The zero-order valence-electron chi connectivity index (χ0n) is 11.0. The molecular formula is C17H20O2. The van der Waals surface area contributed by atoms with Gasteiger partial charge in [-0.3, -0.25) is 0 Å². The molecule has 0 aliphatic heterocycles. The first-order chi connectivity index (χ1) is 9.31. The van der Waals surface area contributed by atoms with Crippen molar-refractivity contribution < 1.29 is 10.2 Å². The lowest BCUT2D eigenvalue weighted by Crippen LogP contribution is -1.92. The van der Waals surface area contributed by atoms with Crippen LogP contribution in [0.1, 0.15) is 28.7 Å². The molecule has 0 saturated heterocycles. The molecule has 0 fully saturated rings. The fourth-order valence-electron chi connectivity index (χ4n) is 2.11. The summed E-state index contributed by atoms with van der Waals surface area (Å²) in [7, 11) is 0. The molecule has 0 spiro atoms. The number of hydrogen-bond donors (Lipinski definition) is 2. The molecule has 19 heavy (non-hydrogen) atoms. The van der Waals surface area contributed by atoms with Crippen LogP contribution in [-0.2, 0) is 19.4 Å². The van der Waals surface area contributed by atoms with Crippen molar-refractivity contribution >= 4 is 0 Å². The van der Waals surface area contributed by atoms with Gasteiger partial charge in [0.1, 0.15) is 0 Å². The lowest BCUT2D eigenvalue weighted by Gasteiger charge is -2.05. The van der Waals surface area contributed by atoms with Gasteiger partial charge >= 0.3 is 0 Å². The van der Waals surface area contributed by atoms with Gasteiger partial charge in [-0.2, -0.15) is 0 Å². The van der Waals surface area contributed by atoms with E-state index in [2.05, 4.69) is 36.4 Å². The van der Waals surface area contributed by atoms with Crippen LogP contribution in [-0.4, -0.2) is 16.8 Å². The number of hydrogen-bond acceptors (Lipinski definition) is 2. The lowest BCUT2D eigenvalue weighted by molar-refractivity contribution is 0.282. The van der Waals surface area contributed by atoms with Crippen molar-refractivity contribution in [2.75, 3.05) is 6.61 Å². The third-order valence-electron chi connectivity index (χ3n) is 3.26. The predicted octanol–water partition coefficient (Wildman–Crippen LogP) is 2.69. The van der Waals surface area contributed by atoms with Crippen LogP contribution in [0.15, 0.2) is 48.5 Å². The second kappa shape index (κ2) is 7.07. The summed E-state index contributed by atoms with van der Waals surface area (Å²) >= 11 is 0. The maximum absolute atomic E-state index is 9.00. The van der Waals surface area contributed by atoms with Crippen molar-refractivity contribution in [3.05, 3.63) is 70.8 Å². The second-order valence-electron chi connectivity index (χ2n) is 4.80. The van der Waals surface area contributed by atoms with Gasteiger partial charge in [-0.25, -0.2) is 0 Å². The zero-order chi connectivity index (χ0) is 13.5. The van der Waals surface area contributed by atoms with Crippen molar-refractivity contribution in [2.24, 2.45) is 0 Å². The number of benzene rings is 2. The van der Waals surface area contributed by atoms with Gasteiger partial charge in [0.2, 0.25) is 0 Å². The highest BCUT2D eigenvalue weighted by Gasteiger charge is 1.98. The van der Waals surface area contributed by atoms with Crippen LogP contribution >= 0.6 is 0 Å². The van der Waals surface area contributed by atoms with E-state index in [4.69, 9.17) is 10.2 Å². The number of aliphatic hydroxyl groups is 2. The van der Waals surface area contributed by atoms with Crippen LogP contribution in [0.2, 0.25) is 0 Å². The smallest absolute Gasteiger partial charge is 0.0681 e. The Morgan fingerprint density at radius 3 is 1.58 bits per heavy atom. The van der Waals surface area contributed by atoms with E-state index < -0.39 is 0 Å². The first-order valence-corrected chi connectivity index (χ1v) is 6.69. The molecule has 2 rings (SSSR count). The minimum absolute atomic E-state index is 0.0971. The lowest BCUT2D eigenvalue weighted by atomic mass is 10.0. The fraction of sp³-hybridized carbons (Fsp3) is 0.294. The van der Waals surface area contributed by atoms with Gasteiger partial charge in [-0.1, -0.05) is 48.5 Å². The molecule has 0 aliphatic carbocycles. The van der Waals surface area contributed by atoms with Gasteiger partial charge in [-0.05, 0) is 41.5 Å². The van der Waals surface area contributed by atoms with Crippen molar-refractivity contribution in [1.82, 2.24) is 0 Å². The molecule has 0 saturated carbocycles. The average molecular weight is 256 g/mol. The van der Waals surface area contributed by atoms with E-state index in [9.17, 15) is 0 Å². The van der Waals surface area contributed by atoms with Gasteiger partial charge in [0.25, 0.3) is 0 Å². The summed E-state index contributed by atoms with van der Waals surface area (Å²) in [5.41, 5.74) is 4.75. The molecule has 100 valence electrons. The topological polar surface area (TPSA) is 40.5 Å². The maximum atomic E-state index is 9.00. The Morgan fingerprint density at radius 1 is 0.632 bits per heavy atom. The number of aliphatic hydroxyl groups excluding tert-OH is 2. The van der Waals surface area contributed by atoms with Crippen LogP contribution in [0.5, 0.6) is 0 Å². The third kappa shape index (κ3) is 4.19. The maximum Gasteiger partial charge on any atom is 0.0681 e. The Hall–Kier alpha value is -1.64. The largest absolute Gasteiger partial charge is 0.396 e. The van der Waals surface area contributed by atoms with Crippen LogP contribution < -0.4 is 0 Å². The van der Waals surface area contributed by atoms with Crippen LogP contribution in [0.3, 0.4) is 0 Å². The van der Waals surface area contributed by atoms with E-state index in [0.29, 0.717) is 0 Å². The summed E-state index contributed by atoms with van der Waals surface area (Å²) in [6.45, 7) is 0.346. The zero-order valence-corrected chi connectivity index (χ0v) is 11.0. The molecule has 2 N–H and O–H groups in total. The summed E-state index contributed by atoms with van der Waals surface area (Å²) in [6, 6.07) is 16.6. The fourth-order valence-corrected chi connectivity index (χ4v) is 2.11. The monoisotopic (exact) mass is 256 g/mol. The van der Waals surface area contributed by atoms with Crippen molar-refractivity contribution in [3.8, 4) is 0 Å². The molecule has 2 nitrogen and oxygen atoms in total. The molecule has 0 unspecified atom stereocenters. The van der Waals surface area contributed by atoms with Gasteiger partial charge in [0.15, 0.2) is 0 Å². The van der Waals surface area contributed by atoms with E-state index in [0.717, 1.165) is 24.8 Å². The first-order valence-electron chi connectivity index (χ1n) is 6.69. The summed E-state index contributed by atoms with van der Waals surface area (Å²) in [5.74, 6) is 0. The van der Waals surface area contributed by atoms with E-state index in [1.807, 2.05) is 12.1 Å². The minimum Gasteiger partial charge on any atom is -0.396 e. The van der Waals surface area contributed by atoms with E-state index in [1.165, 1.54) is 16.7 Å². The molecule has 2 aromatic carbocycles. The highest BCUT2D eigenvalue weighted by atomic mass is 16.3. The van der Waals surface area contributed by atoms with Crippen LogP contribution in [0.4, 0.5) is 0 Å². The van der Waals surface area contributed by atoms with Gasteiger partial charge < -0.3 is 10.2 Å². The Balaban J connectivity index is 1.98. The second-order valence-corrected chi connectivity index (χ2v) is 4.80. The molecule has 0 aromatic heterocycles. The Kier molecular flexibility index (Phi) is 5.13. The highest BCUT2D eigenvalue weighted by molar-refractivity contribution is 5.30. The van der Waals surface area contributed by atoms with E-state index in [-0.39, 0.29) is 13.2 Å². The molecular weight excluding hydrogens is 236 g/mol. The molecule has 2 aromatic rings. The normalized spacial score (nSPS) is 10.6. The molecule has 0 heterocycles. The molecule has 2 heteroatoms. The summed E-state index contributed by atoms with van der Waals surface area (Å²) in [4.78, 5) is 0. The van der Waals surface area contributed by atoms with E-state index in [1.54, 1.807) is 0 Å². The first kappa shape index (κ1) is 13.8. The molecule has 0 radical (unpaired) electrons. The van der Waals surface area contributed by atoms with Gasteiger partial charge in [0, 0.05) is 6.61 Å². The molecule has 0 atom stereocenters. The van der Waals surface area contributed by atoms with Crippen molar-refractivity contribution in [3.63, 3.8) is 0 Å². The SMILES string of the molecule is OCCCc1ccc(Cc2ccc(CO)cc2)cc1. The average Bonchev–Trinajstić information content (AvgIpc) is 2.47. The van der Waals surface area contributed by atoms with Crippen molar-refractivity contribution in [2.45, 2.75) is 25.9 Å². The highest BCUT2D eigenvalue weighted by Crippen LogP contribution is 2.13. The summed E-state index contributed by atoms with van der Waals surface area (Å²) in [5, 5.41) is 17.8. The summed E-state index contributed by atoms with van der Waals surface area (Å²) in [6.07, 6.45) is 2.66. The molecule has 0 aliphatic rings. The van der Waals surface area contributed by atoms with E-state index >= 15 is 0 Å².